The molecule has 0 unspecified atom stereocenters. The Bertz CT molecular complexity index is 707. The highest BCUT2D eigenvalue weighted by atomic mass is 35.5. The third-order valence-corrected chi connectivity index (χ3v) is 2.94. The molecule has 0 fully saturated rings. The molecule has 0 amide bonds. The van der Waals surface area contributed by atoms with Crippen LogP contribution >= 0.6 is 11.6 Å². The number of benzene rings is 2. The molecule has 5 heteroatoms. The second kappa shape index (κ2) is 4.82. The molecular weight excluding hydrogens is 265 g/mol. The van der Waals surface area contributed by atoms with Crippen LogP contribution in [0.5, 0.6) is 0 Å². The average Bonchev–Trinajstić information content (AvgIpc) is 2.89. The Hall–Kier alpha value is -2.20. The number of aromatic nitrogens is 3. The highest BCUT2D eigenvalue weighted by Gasteiger charge is 2.08. The summed E-state index contributed by atoms with van der Waals surface area (Å²) in [5.41, 5.74) is 1.51. The van der Waals surface area contributed by atoms with E-state index in [1.807, 2.05) is 12.1 Å². The van der Waals surface area contributed by atoms with Crippen LogP contribution in [0.3, 0.4) is 0 Å². The highest BCUT2D eigenvalue weighted by Crippen LogP contribution is 2.21. The maximum absolute atomic E-state index is 13.1. The number of halogens is 2. The number of hydrogen-bond donors (Lipinski definition) is 1. The first kappa shape index (κ1) is 11.9. The van der Waals surface area contributed by atoms with Crippen molar-refractivity contribution in [3.63, 3.8) is 0 Å². The molecule has 3 aromatic rings. The largest absolute Gasteiger partial charge is 0.259 e. The number of hydrogen-bond acceptors (Lipinski definition) is 2. The minimum atomic E-state index is -0.310. The molecule has 94 valence electrons. The number of H-pyrrole nitrogens is 1. The van der Waals surface area contributed by atoms with E-state index in [0.29, 0.717) is 22.2 Å². The van der Waals surface area contributed by atoms with E-state index in [0.717, 1.165) is 5.56 Å². The number of aromatic amines is 1. The van der Waals surface area contributed by atoms with Crippen LogP contribution in [0.4, 0.5) is 4.39 Å². The smallest absolute Gasteiger partial charge is 0.181 e. The first-order valence-electron chi connectivity index (χ1n) is 5.67. The Morgan fingerprint density at radius 2 is 1.79 bits per heavy atom. The zero-order valence-electron chi connectivity index (χ0n) is 9.77. The van der Waals surface area contributed by atoms with Gasteiger partial charge in [0.1, 0.15) is 5.82 Å². The van der Waals surface area contributed by atoms with Crippen molar-refractivity contribution in [3.05, 3.63) is 59.4 Å². The maximum atomic E-state index is 13.1. The van der Waals surface area contributed by atoms with Crippen molar-refractivity contribution < 1.29 is 4.39 Å². The van der Waals surface area contributed by atoms with Crippen LogP contribution in [-0.2, 0) is 0 Å². The molecule has 1 aromatic heterocycles. The van der Waals surface area contributed by atoms with Gasteiger partial charge in [0.15, 0.2) is 11.6 Å². The van der Waals surface area contributed by atoms with Gasteiger partial charge in [0.05, 0.1) is 0 Å². The van der Waals surface area contributed by atoms with E-state index in [-0.39, 0.29) is 5.82 Å². The predicted molar refractivity (Wildman–Crippen MR) is 72.2 cm³/mol. The van der Waals surface area contributed by atoms with Crippen LogP contribution in [0.2, 0.25) is 5.02 Å². The first-order chi connectivity index (χ1) is 9.22. The Morgan fingerprint density at radius 3 is 2.53 bits per heavy atom. The van der Waals surface area contributed by atoms with Gasteiger partial charge in [-0.25, -0.2) is 9.37 Å². The molecule has 1 heterocycles. The monoisotopic (exact) mass is 273 g/mol. The van der Waals surface area contributed by atoms with Crippen LogP contribution in [0.1, 0.15) is 0 Å². The van der Waals surface area contributed by atoms with Crippen LogP contribution in [0, 0.1) is 5.82 Å². The Balaban J connectivity index is 1.97. The molecule has 3 nitrogen and oxygen atoms in total. The number of nitrogens with one attached hydrogen (secondary N) is 1. The van der Waals surface area contributed by atoms with Gasteiger partial charge in [-0.2, -0.15) is 5.10 Å². The molecular formula is C14H9ClFN3. The normalized spacial score (nSPS) is 10.6. The van der Waals surface area contributed by atoms with Gasteiger partial charge in [-0.3, -0.25) is 5.10 Å². The molecule has 0 aliphatic rings. The third kappa shape index (κ3) is 2.48. The summed E-state index contributed by atoms with van der Waals surface area (Å²) in [5.74, 6) is 0.774. The average molecular weight is 274 g/mol. The maximum Gasteiger partial charge on any atom is 0.181 e. The fraction of sp³-hybridized carbons (Fsp3) is 0. The van der Waals surface area contributed by atoms with Gasteiger partial charge in [0.25, 0.3) is 0 Å². The van der Waals surface area contributed by atoms with Crippen LogP contribution in [0.15, 0.2) is 48.5 Å². The molecule has 0 bridgehead atoms. The minimum absolute atomic E-state index is 0.310. The molecule has 0 aliphatic heterocycles. The Kier molecular flexibility index (Phi) is 3.01. The Morgan fingerprint density at radius 1 is 1.00 bits per heavy atom. The summed E-state index contributed by atoms with van der Waals surface area (Å²) in [5, 5.41) is 7.58. The van der Waals surface area contributed by atoms with Crippen LogP contribution in [-0.4, -0.2) is 15.2 Å². The van der Waals surface area contributed by atoms with Gasteiger partial charge in [-0.1, -0.05) is 23.7 Å². The van der Waals surface area contributed by atoms with E-state index in [4.69, 9.17) is 11.6 Å². The summed E-state index contributed by atoms with van der Waals surface area (Å²) in [6.07, 6.45) is 0. The fourth-order valence-electron chi connectivity index (χ4n) is 1.76. The van der Waals surface area contributed by atoms with Gasteiger partial charge >= 0.3 is 0 Å². The van der Waals surface area contributed by atoms with Crippen molar-refractivity contribution in [2.75, 3.05) is 0 Å². The highest BCUT2D eigenvalue weighted by molar-refractivity contribution is 6.30. The summed E-state index contributed by atoms with van der Waals surface area (Å²) in [4.78, 5) is 4.35. The van der Waals surface area contributed by atoms with Crippen LogP contribution in [0.25, 0.3) is 22.8 Å². The third-order valence-electron chi connectivity index (χ3n) is 2.69. The van der Waals surface area contributed by atoms with E-state index >= 15 is 0 Å². The molecule has 0 radical (unpaired) electrons. The molecule has 0 atom stereocenters. The van der Waals surface area contributed by atoms with Gasteiger partial charge in [0, 0.05) is 16.1 Å². The number of rotatable bonds is 2. The summed E-state index contributed by atoms with van der Waals surface area (Å²) in [6, 6.07) is 13.4. The van der Waals surface area contributed by atoms with E-state index in [1.165, 1.54) is 12.1 Å². The van der Waals surface area contributed by atoms with E-state index in [9.17, 15) is 4.39 Å². The lowest BCUT2D eigenvalue weighted by atomic mass is 10.2. The van der Waals surface area contributed by atoms with E-state index in [2.05, 4.69) is 15.2 Å². The lowest BCUT2D eigenvalue weighted by Crippen LogP contribution is -1.82. The fourth-order valence-corrected chi connectivity index (χ4v) is 1.88. The zero-order valence-corrected chi connectivity index (χ0v) is 10.5. The quantitative estimate of drug-likeness (QED) is 0.768. The molecule has 0 aliphatic carbocycles. The Labute approximate surface area is 114 Å². The molecule has 3 rings (SSSR count). The summed E-state index contributed by atoms with van der Waals surface area (Å²) >= 11 is 5.83. The molecule has 2 aromatic carbocycles. The van der Waals surface area contributed by atoms with Crippen molar-refractivity contribution in [1.29, 1.82) is 0 Å². The zero-order chi connectivity index (χ0) is 13.2. The van der Waals surface area contributed by atoms with Crippen molar-refractivity contribution in [2.24, 2.45) is 0 Å². The van der Waals surface area contributed by atoms with E-state index in [1.54, 1.807) is 24.3 Å². The molecule has 1 N–H and O–H groups in total. The van der Waals surface area contributed by atoms with Gasteiger partial charge in [0.2, 0.25) is 0 Å². The second-order valence-electron chi connectivity index (χ2n) is 4.02. The molecule has 0 spiro atoms. The topological polar surface area (TPSA) is 41.6 Å². The molecule has 19 heavy (non-hydrogen) atoms. The predicted octanol–water partition coefficient (Wildman–Crippen LogP) is 3.93. The first-order valence-corrected chi connectivity index (χ1v) is 6.04. The molecule has 0 saturated carbocycles. The lowest BCUT2D eigenvalue weighted by molar-refractivity contribution is 0.628. The van der Waals surface area contributed by atoms with Gasteiger partial charge in [-0.05, 0) is 36.4 Å². The van der Waals surface area contributed by atoms with Crippen molar-refractivity contribution >= 4 is 11.6 Å². The SMILES string of the molecule is Fc1cccc(-c2n[nH]c(-c3ccc(Cl)cc3)n2)c1. The second-order valence-corrected chi connectivity index (χ2v) is 4.46. The van der Waals surface area contributed by atoms with Crippen molar-refractivity contribution in [3.8, 4) is 22.8 Å². The van der Waals surface area contributed by atoms with E-state index < -0.39 is 0 Å². The number of nitrogens with zero attached hydrogens (tertiary/aromatic N) is 2. The standard InChI is InChI=1S/C14H9ClFN3/c15-11-6-4-9(5-7-11)13-17-14(19-18-13)10-2-1-3-12(16)8-10/h1-8H,(H,17,18,19). The summed E-state index contributed by atoms with van der Waals surface area (Å²) < 4.78 is 13.1. The van der Waals surface area contributed by atoms with Gasteiger partial charge in [-0.15, -0.1) is 0 Å². The van der Waals surface area contributed by atoms with Gasteiger partial charge < -0.3 is 0 Å². The minimum Gasteiger partial charge on any atom is -0.259 e. The summed E-state index contributed by atoms with van der Waals surface area (Å²) in [7, 11) is 0. The molecule has 0 saturated heterocycles. The van der Waals surface area contributed by atoms with Crippen LogP contribution < -0.4 is 0 Å². The van der Waals surface area contributed by atoms with Crippen molar-refractivity contribution in [2.45, 2.75) is 0 Å². The summed E-state index contributed by atoms with van der Waals surface area (Å²) in [6.45, 7) is 0. The van der Waals surface area contributed by atoms with Crippen molar-refractivity contribution in [1.82, 2.24) is 15.2 Å². The lowest BCUT2D eigenvalue weighted by Gasteiger charge is -1.96.